The molecule has 1 saturated heterocycles. The van der Waals surface area contributed by atoms with E-state index in [9.17, 15) is 4.79 Å². The van der Waals surface area contributed by atoms with E-state index in [-0.39, 0.29) is 69.3 Å². The molecule has 1 aliphatic carbocycles. The van der Waals surface area contributed by atoms with Gasteiger partial charge in [0, 0.05) is 25.2 Å². The van der Waals surface area contributed by atoms with Gasteiger partial charge in [0.2, 0.25) is 0 Å². The number of carbonyl (C=O) groups is 1. The van der Waals surface area contributed by atoms with Gasteiger partial charge in [-0.1, -0.05) is 0 Å². The molecule has 1 saturated carbocycles. The van der Waals surface area contributed by atoms with E-state index in [0.29, 0.717) is 13.1 Å². The first-order valence-electron chi connectivity index (χ1n) is 5.63. The van der Waals surface area contributed by atoms with Gasteiger partial charge < -0.3 is 15.8 Å². The SMILES string of the molecule is [K+].[NH-]CC(CN1C#C1)C1CNC(=O)C2(CC2)O1. The molecule has 0 aromatic heterocycles. The molecule has 3 rings (SSSR count). The van der Waals surface area contributed by atoms with Crippen molar-refractivity contribution in [2.75, 3.05) is 19.6 Å². The standard InChI is InChI=1S/C11H14N3O2.K/c12-5-8(7-14-3-4-14)9-6-13-10(15)11(16-9)1-2-11;/h8-9,12H,1-2,5-7H2,(H,13,15);/q-1;+1. The number of morpholine rings is 1. The fourth-order valence-corrected chi connectivity index (χ4v) is 2.14. The molecule has 2 unspecified atom stereocenters. The maximum atomic E-state index is 11.6. The van der Waals surface area contributed by atoms with Crippen molar-refractivity contribution in [1.29, 1.82) is 0 Å². The largest absolute Gasteiger partial charge is 1.00 e. The van der Waals surface area contributed by atoms with Gasteiger partial charge in [-0.05, 0) is 18.8 Å². The molecular weight excluding hydrogens is 245 g/mol. The van der Waals surface area contributed by atoms with Crippen molar-refractivity contribution in [2.45, 2.75) is 24.5 Å². The third-order valence-corrected chi connectivity index (χ3v) is 3.43. The van der Waals surface area contributed by atoms with Gasteiger partial charge >= 0.3 is 51.4 Å². The second-order valence-electron chi connectivity index (χ2n) is 4.66. The van der Waals surface area contributed by atoms with Gasteiger partial charge in [0.05, 0.1) is 6.10 Å². The number of amides is 1. The molecule has 2 heterocycles. The molecule has 86 valence electrons. The molecule has 17 heavy (non-hydrogen) atoms. The number of ether oxygens (including phenoxy) is 1. The first-order valence-corrected chi connectivity index (χ1v) is 5.63. The number of hydrogen-bond acceptors (Lipinski definition) is 3. The number of hydrogen-bond donors (Lipinski definition) is 1. The van der Waals surface area contributed by atoms with E-state index in [1.54, 1.807) is 0 Å². The predicted octanol–water partition coefficient (Wildman–Crippen LogP) is -3.06. The minimum Gasteiger partial charge on any atom is -0.677 e. The second kappa shape index (κ2) is 5.17. The summed E-state index contributed by atoms with van der Waals surface area (Å²) in [5, 5.41) is 2.89. The first kappa shape index (κ1) is 13.8. The van der Waals surface area contributed by atoms with Gasteiger partial charge in [0.25, 0.3) is 5.91 Å². The van der Waals surface area contributed by atoms with Crippen molar-refractivity contribution in [3.8, 4) is 12.1 Å². The van der Waals surface area contributed by atoms with Crippen LogP contribution in [0.5, 0.6) is 0 Å². The Morgan fingerprint density at radius 1 is 1.59 bits per heavy atom. The molecule has 5 nitrogen and oxygen atoms in total. The van der Waals surface area contributed by atoms with E-state index in [1.165, 1.54) is 0 Å². The Balaban J connectivity index is 0.00000108. The van der Waals surface area contributed by atoms with Crippen LogP contribution in [0.4, 0.5) is 0 Å². The summed E-state index contributed by atoms with van der Waals surface area (Å²) in [4.78, 5) is 13.4. The maximum absolute atomic E-state index is 11.6. The van der Waals surface area contributed by atoms with Crippen molar-refractivity contribution in [2.24, 2.45) is 5.92 Å². The van der Waals surface area contributed by atoms with Gasteiger partial charge in [-0.25, -0.2) is 0 Å². The van der Waals surface area contributed by atoms with Gasteiger partial charge in [-0.3, -0.25) is 9.69 Å². The summed E-state index contributed by atoms with van der Waals surface area (Å²) < 4.78 is 5.86. The average Bonchev–Trinajstić information content (AvgIpc) is 3.16. The zero-order chi connectivity index (χ0) is 11.2. The van der Waals surface area contributed by atoms with Crippen LogP contribution >= 0.6 is 0 Å². The zero-order valence-electron chi connectivity index (χ0n) is 9.95. The van der Waals surface area contributed by atoms with Crippen LogP contribution in [-0.4, -0.2) is 42.1 Å². The van der Waals surface area contributed by atoms with Crippen LogP contribution < -0.4 is 56.7 Å². The van der Waals surface area contributed by atoms with Crippen molar-refractivity contribution in [3.63, 3.8) is 0 Å². The smallest absolute Gasteiger partial charge is 0.677 e. The van der Waals surface area contributed by atoms with E-state index in [1.807, 2.05) is 4.90 Å². The van der Waals surface area contributed by atoms with E-state index in [2.05, 4.69) is 17.4 Å². The molecule has 2 aliphatic heterocycles. The molecule has 0 aromatic carbocycles. The van der Waals surface area contributed by atoms with Gasteiger partial charge in [-0.15, -0.1) is 6.54 Å². The van der Waals surface area contributed by atoms with Gasteiger partial charge in [-0.2, -0.15) is 0 Å². The fraction of sp³-hybridized carbons (Fsp3) is 0.727. The minimum absolute atomic E-state index is 0. The summed E-state index contributed by atoms with van der Waals surface area (Å²) in [7, 11) is 0. The summed E-state index contributed by atoms with van der Waals surface area (Å²) >= 11 is 0. The summed E-state index contributed by atoms with van der Waals surface area (Å²) in [5.74, 6) is 0.135. The fourth-order valence-electron chi connectivity index (χ4n) is 2.14. The summed E-state index contributed by atoms with van der Waals surface area (Å²) in [6, 6.07) is 5.68. The first-order chi connectivity index (χ1) is 7.73. The molecule has 1 spiro atoms. The Labute approximate surface area is 143 Å². The van der Waals surface area contributed by atoms with Crippen molar-refractivity contribution < 1.29 is 60.9 Å². The van der Waals surface area contributed by atoms with E-state index >= 15 is 0 Å². The van der Waals surface area contributed by atoms with Crippen LogP contribution in [0.15, 0.2) is 0 Å². The molecule has 0 aromatic rings. The minimum atomic E-state index is -0.546. The molecule has 2 fully saturated rings. The molecule has 3 aliphatic rings. The van der Waals surface area contributed by atoms with Crippen LogP contribution in [0.2, 0.25) is 0 Å². The Morgan fingerprint density at radius 3 is 2.82 bits per heavy atom. The van der Waals surface area contributed by atoms with Gasteiger partial charge in [0.1, 0.15) is 5.60 Å². The Bertz CT molecular complexity index is 378. The number of nitrogens with zero attached hydrogens (tertiary/aromatic N) is 1. The number of nitrogens with one attached hydrogen (secondary N) is 2. The molecule has 0 bridgehead atoms. The van der Waals surface area contributed by atoms with E-state index < -0.39 is 5.60 Å². The molecule has 6 heteroatoms. The van der Waals surface area contributed by atoms with Crippen LogP contribution in [0, 0.1) is 18.0 Å². The van der Waals surface area contributed by atoms with Crippen molar-refractivity contribution in [1.82, 2.24) is 10.2 Å². The molecule has 2 atom stereocenters. The van der Waals surface area contributed by atoms with Crippen LogP contribution in [0.1, 0.15) is 12.8 Å². The Kier molecular flexibility index (Phi) is 4.20. The monoisotopic (exact) mass is 259 g/mol. The number of rotatable bonds is 4. The average molecular weight is 259 g/mol. The third-order valence-electron chi connectivity index (χ3n) is 3.43. The summed E-state index contributed by atoms with van der Waals surface area (Å²) in [6.07, 6.45) is 1.60. The van der Waals surface area contributed by atoms with Crippen LogP contribution in [0.25, 0.3) is 5.73 Å². The summed E-state index contributed by atoms with van der Waals surface area (Å²) in [5.41, 5.74) is 7.00. The Morgan fingerprint density at radius 2 is 2.29 bits per heavy atom. The topological polar surface area (TPSA) is 65.1 Å². The van der Waals surface area contributed by atoms with Gasteiger partial charge in [0.15, 0.2) is 0 Å². The quantitative estimate of drug-likeness (QED) is 0.431. The van der Waals surface area contributed by atoms with Crippen LogP contribution in [0.3, 0.4) is 0 Å². The summed E-state index contributed by atoms with van der Waals surface area (Å²) in [6.45, 7) is 1.55. The zero-order valence-corrected chi connectivity index (χ0v) is 13.1. The Hall–Kier alpha value is 0.386. The number of carbonyl (C=O) groups excluding carboxylic acids is 1. The predicted molar refractivity (Wildman–Crippen MR) is 57.0 cm³/mol. The van der Waals surface area contributed by atoms with E-state index in [0.717, 1.165) is 19.4 Å². The van der Waals surface area contributed by atoms with E-state index in [4.69, 9.17) is 10.5 Å². The maximum Gasteiger partial charge on any atom is 1.00 e. The van der Waals surface area contributed by atoms with Crippen molar-refractivity contribution in [3.05, 3.63) is 5.73 Å². The second-order valence-corrected chi connectivity index (χ2v) is 4.66. The molecule has 0 radical (unpaired) electrons. The normalized spacial score (nSPS) is 28.6. The molecular formula is C11H14KN3O2. The third kappa shape index (κ3) is 2.87. The molecule has 1 amide bonds. The van der Waals surface area contributed by atoms with Crippen LogP contribution in [-0.2, 0) is 9.53 Å². The van der Waals surface area contributed by atoms with Crippen molar-refractivity contribution >= 4 is 5.91 Å². The molecule has 2 N–H and O–H groups in total.